The van der Waals surface area contributed by atoms with Gasteiger partial charge >= 0.3 is 0 Å². The maximum absolute atomic E-state index is 12.2. The van der Waals surface area contributed by atoms with Crippen LogP contribution in [-0.2, 0) is 0 Å². The standard InChI is InChI=1S/2C15H10O8/c16-5-1-7(17)12-8(18)4-10(23-11(12)2-5)6-3-9(19)14(21)15(22)13(6)20;16-6-3-7(17)11-10(4-6)23-15(14(22)13(11)21)5-1-8(18)12(20)9(19)2-5/h1-4,16-17,19-22H;1-4,16-20,22H. The van der Waals surface area contributed by atoms with Crippen LogP contribution in [0.1, 0.15) is 0 Å². The zero-order valence-electron chi connectivity index (χ0n) is 22.6. The second kappa shape index (κ2) is 10.9. The topological polar surface area (TPSA) is 303 Å². The van der Waals surface area contributed by atoms with E-state index in [2.05, 4.69) is 0 Å². The average Bonchev–Trinajstić information content (AvgIpc) is 2.97. The molecule has 16 nitrogen and oxygen atoms in total. The molecule has 0 saturated heterocycles. The van der Waals surface area contributed by atoms with Gasteiger partial charge in [-0.3, -0.25) is 9.59 Å². The highest BCUT2D eigenvalue weighted by Gasteiger charge is 2.22. The Kier molecular flexibility index (Phi) is 7.17. The third-order valence-electron chi connectivity index (χ3n) is 6.55. The Bertz CT molecular complexity index is 2310. The predicted molar refractivity (Wildman–Crippen MR) is 156 cm³/mol. The Morgan fingerprint density at radius 3 is 1.54 bits per heavy atom. The molecule has 4 aromatic carbocycles. The highest BCUT2D eigenvalue weighted by atomic mass is 16.4. The first kappa shape index (κ1) is 30.4. The first-order chi connectivity index (χ1) is 21.6. The van der Waals surface area contributed by atoms with Gasteiger partial charge in [-0.1, -0.05) is 0 Å². The van der Waals surface area contributed by atoms with Gasteiger partial charge < -0.3 is 70.1 Å². The smallest absolute Gasteiger partial charge is 0.238 e. The minimum Gasteiger partial charge on any atom is -0.508 e. The molecule has 0 fully saturated rings. The van der Waals surface area contributed by atoms with Crippen LogP contribution in [0.2, 0.25) is 0 Å². The van der Waals surface area contributed by atoms with Gasteiger partial charge in [0.15, 0.2) is 39.9 Å². The summed E-state index contributed by atoms with van der Waals surface area (Å²) in [5.41, 5.74) is -2.39. The fraction of sp³-hybridized carbons (Fsp3) is 0. The van der Waals surface area contributed by atoms with E-state index in [4.69, 9.17) is 8.83 Å². The van der Waals surface area contributed by atoms with Crippen molar-refractivity contribution < 1.29 is 70.1 Å². The normalized spacial score (nSPS) is 11.0. The molecule has 2 heterocycles. The van der Waals surface area contributed by atoms with Gasteiger partial charge in [0, 0.05) is 35.9 Å². The lowest BCUT2D eigenvalue weighted by Crippen LogP contribution is -2.03. The molecule has 16 heteroatoms. The van der Waals surface area contributed by atoms with Crippen LogP contribution in [0.25, 0.3) is 44.6 Å². The van der Waals surface area contributed by atoms with Crippen molar-refractivity contribution in [1.29, 1.82) is 0 Å². The van der Waals surface area contributed by atoms with Crippen LogP contribution >= 0.6 is 0 Å². The second-order valence-electron chi connectivity index (χ2n) is 9.61. The van der Waals surface area contributed by atoms with Crippen LogP contribution in [0.4, 0.5) is 0 Å². The maximum atomic E-state index is 12.2. The molecule has 0 aliphatic heterocycles. The van der Waals surface area contributed by atoms with E-state index >= 15 is 0 Å². The van der Waals surface area contributed by atoms with E-state index in [0.717, 1.165) is 48.5 Å². The third-order valence-corrected chi connectivity index (χ3v) is 6.55. The van der Waals surface area contributed by atoms with Crippen molar-refractivity contribution >= 4 is 21.9 Å². The SMILES string of the molecule is O=c1c(O)c(-c2cc(O)c(O)c(O)c2)oc2cc(O)cc(O)c12.O=c1cc(-c2cc(O)c(O)c(O)c2O)oc2cc(O)cc(O)c12. The van der Waals surface area contributed by atoms with Crippen LogP contribution in [-0.4, -0.2) is 61.3 Å². The van der Waals surface area contributed by atoms with Gasteiger partial charge in [-0.15, -0.1) is 0 Å². The van der Waals surface area contributed by atoms with Gasteiger partial charge in [0.05, 0.1) is 5.56 Å². The van der Waals surface area contributed by atoms with Crippen LogP contribution in [0.3, 0.4) is 0 Å². The summed E-state index contributed by atoms with van der Waals surface area (Å²) < 4.78 is 10.6. The quantitative estimate of drug-likeness (QED) is 0.0957. The molecule has 0 atom stereocenters. The predicted octanol–water partition coefficient (Wildman–Crippen LogP) is 3.39. The van der Waals surface area contributed by atoms with Gasteiger partial charge in [-0.05, 0) is 18.2 Å². The van der Waals surface area contributed by atoms with Crippen LogP contribution in [0.5, 0.6) is 69.0 Å². The van der Waals surface area contributed by atoms with Gasteiger partial charge in [0.2, 0.25) is 22.7 Å². The summed E-state index contributed by atoms with van der Waals surface area (Å²) >= 11 is 0. The van der Waals surface area contributed by atoms with E-state index in [9.17, 15) is 70.9 Å². The number of hydrogen-bond acceptors (Lipinski definition) is 16. The number of phenols is 11. The molecule has 0 spiro atoms. The monoisotopic (exact) mass is 636 g/mol. The Hall–Kier alpha value is -7.10. The van der Waals surface area contributed by atoms with Crippen LogP contribution < -0.4 is 10.9 Å². The average molecular weight is 636 g/mol. The number of phenolic OH excluding ortho intramolecular Hbond substituents is 11. The van der Waals surface area contributed by atoms with Crippen molar-refractivity contribution in [3.63, 3.8) is 0 Å². The molecule has 6 aromatic rings. The molecule has 2 aromatic heterocycles. The Labute approximate surface area is 252 Å². The largest absolute Gasteiger partial charge is 0.508 e. The van der Waals surface area contributed by atoms with E-state index in [1.807, 2.05) is 0 Å². The highest BCUT2D eigenvalue weighted by molar-refractivity contribution is 5.89. The minimum absolute atomic E-state index is 0.0999. The number of aromatic hydroxyl groups is 12. The Morgan fingerprint density at radius 1 is 0.435 bits per heavy atom. The summed E-state index contributed by atoms with van der Waals surface area (Å²) in [6, 6.07) is 7.74. The fourth-order valence-electron chi connectivity index (χ4n) is 4.42. The summed E-state index contributed by atoms with van der Waals surface area (Å²) in [7, 11) is 0. The molecule has 0 unspecified atom stereocenters. The minimum atomic E-state index is -0.985. The fourth-order valence-corrected chi connectivity index (χ4v) is 4.42. The van der Waals surface area contributed by atoms with Crippen molar-refractivity contribution in [3.8, 4) is 91.6 Å². The molecule has 0 bridgehead atoms. The van der Waals surface area contributed by atoms with Crippen molar-refractivity contribution in [3.05, 3.63) is 69.0 Å². The number of fused-ring (bicyclic) bond motifs is 2. The number of benzene rings is 4. The Morgan fingerprint density at radius 2 is 0.957 bits per heavy atom. The Balaban J connectivity index is 0.000000181. The van der Waals surface area contributed by atoms with Crippen LogP contribution in [0.15, 0.2) is 67.0 Å². The second-order valence-corrected chi connectivity index (χ2v) is 9.61. The van der Waals surface area contributed by atoms with E-state index in [-0.39, 0.29) is 50.3 Å². The van der Waals surface area contributed by atoms with Gasteiger partial charge in [0.1, 0.15) is 50.7 Å². The zero-order valence-corrected chi connectivity index (χ0v) is 22.6. The number of hydrogen-bond donors (Lipinski definition) is 12. The lowest BCUT2D eigenvalue weighted by molar-refractivity contribution is 0.346. The van der Waals surface area contributed by atoms with Crippen molar-refractivity contribution in [2.24, 2.45) is 0 Å². The maximum Gasteiger partial charge on any atom is 0.238 e. The molecule has 46 heavy (non-hydrogen) atoms. The summed E-state index contributed by atoms with van der Waals surface area (Å²) in [6.07, 6.45) is 0. The molecule has 6 rings (SSSR count). The molecular formula is C30H20O16. The molecule has 0 radical (unpaired) electrons. The van der Waals surface area contributed by atoms with E-state index in [1.165, 1.54) is 0 Å². The summed E-state index contributed by atoms with van der Waals surface area (Å²) in [5.74, 6) is -8.95. The summed E-state index contributed by atoms with van der Waals surface area (Å²) in [4.78, 5) is 24.3. The van der Waals surface area contributed by atoms with E-state index in [1.54, 1.807) is 0 Å². The first-order valence-corrected chi connectivity index (χ1v) is 12.5. The lowest BCUT2D eigenvalue weighted by atomic mass is 10.1. The van der Waals surface area contributed by atoms with Gasteiger partial charge in [-0.25, -0.2) is 0 Å². The van der Waals surface area contributed by atoms with Crippen molar-refractivity contribution in [1.82, 2.24) is 0 Å². The molecule has 236 valence electrons. The highest BCUT2D eigenvalue weighted by Crippen LogP contribution is 2.48. The molecule has 12 N–H and O–H groups in total. The molecule has 0 saturated carbocycles. The van der Waals surface area contributed by atoms with Crippen molar-refractivity contribution in [2.45, 2.75) is 0 Å². The number of rotatable bonds is 2. The molecule has 0 aliphatic carbocycles. The molecule has 0 aliphatic rings. The summed E-state index contributed by atoms with van der Waals surface area (Å²) in [6.45, 7) is 0. The van der Waals surface area contributed by atoms with E-state index in [0.29, 0.717) is 0 Å². The van der Waals surface area contributed by atoms with Crippen LogP contribution in [0, 0.1) is 0 Å². The van der Waals surface area contributed by atoms with Gasteiger partial charge in [-0.2, -0.15) is 0 Å². The van der Waals surface area contributed by atoms with E-state index < -0.39 is 74.1 Å². The lowest BCUT2D eigenvalue weighted by Gasteiger charge is -2.10. The first-order valence-electron chi connectivity index (χ1n) is 12.5. The zero-order chi connectivity index (χ0) is 33.8. The molecular weight excluding hydrogens is 616 g/mol. The van der Waals surface area contributed by atoms with Crippen molar-refractivity contribution in [2.75, 3.05) is 0 Å². The molecule has 0 amide bonds. The summed E-state index contributed by atoms with van der Waals surface area (Å²) in [5, 5.41) is 114. The third kappa shape index (κ3) is 5.06. The van der Waals surface area contributed by atoms with Gasteiger partial charge in [0.25, 0.3) is 0 Å².